The Hall–Kier alpha value is -3.69. The summed E-state index contributed by atoms with van der Waals surface area (Å²) in [5.74, 6) is 7.00. The van der Waals surface area contributed by atoms with E-state index in [1.165, 1.54) is 19.4 Å². The monoisotopic (exact) mass is 822 g/mol. The quantitative estimate of drug-likeness (QED) is 0.0874. The molecule has 1 aliphatic rings. The van der Waals surface area contributed by atoms with Crippen LogP contribution in [-0.2, 0) is 33.3 Å². The Labute approximate surface area is 329 Å². The smallest absolute Gasteiger partial charge is 0.494 e. The fourth-order valence-electron chi connectivity index (χ4n) is 6.25. The van der Waals surface area contributed by atoms with Crippen LogP contribution in [0, 0.1) is 25.7 Å². The summed E-state index contributed by atoms with van der Waals surface area (Å²) in [6.07, 6.45) is 0.761. The summed E-state index contributed by atoms with van der Waals surface area (Å²) in [7, 11) is -9.85. The van der Waals surface area contributed by atoms with Crippen LogP contribution in [0.4, 0.5) is 0 Å². The Morgan fingerprint density at radius 1 is 0.714 bits per heavy atom. The molecule has 4 aromatic rings. The van der Waals surface area contributed by atoms with Gasteiger partial charge in [-0.05, 0) is 97.1 Å². The zero-order chi connectivity index (χ0) is 40.5. The number of aryl methyl sites for hydroxylation is 2. The second-order valence-corrected chi connectivity index (χ2v) is 19.8. The fourth-order valence-corrected chi connectivity index (χ4v) is 8.23. The van der Waals surface area contributed by atoms with Gasteiger partial charge in [-0.2, -0.15) is 4.89 Å². The van der Waals surface area contributed by atoms with E-state index in [2.05, 4.69) is 41.5 Å². The van der Waals surface area contributed by atoms with Crippen molar-refractivity contribution in [3.8, 4) is 17.6 Å². The van der Waals surface area contributed by atoms with E-state index in [0.717, 1.165) is 28.9 Å². The standard InChI is InChI=1S/C39H50N7O7P3/c1-29-20-33(42-38(22-29)55(3,49)50)26-44-13-14-45(27-34-21-30(2)23-39(43-34)56(4,51)52)16-18-46(17-15-44)28-35-24-32(25-37(41-35)54(47)48)7-6-31-8-10-36(11-9-31)53-19-5-12-40/h8-11,20-25H,5,12-19,26-28,40H2,1-4H3,(H2-,47,48,49,50,51,52)/p+1. The van der Waals surface area contributed by atoms with Gasteiger partial charge in [-0.15, -0.1) is 0 Å². The first-order valence-electron chi connectivity index (χ1n) is 18.4. The summed E-state index contributed by atoms with van der Waals surface area (Å²) in [4.78, 5) is 51.1. The zero-order valence-corrected chi connectivity index (χ0v) is 35.0. The van der Waals surface area contributed by atoms with E-state index in [0.29, 0.717) is 94.7 Å². The van der Waals surface area contributed by atoms with Gasteiger partial charge in [0.25, 0.3) is 0 Å². The van der Waals surface area contributed by atoms with Crippen LogP contribution >= 0.6 is 22.8 Å². The molecule has 0 aliphatic carbocycles. The highest BCUT2D eigenvalue weighted by molar-refractivity contribution is 7.65. The summed E-state index contributed by atoms with van der Waals surface area (Å²) < 4.78 is 43.1. The number of rotatable bonds is 13. The highest BCUT2D eigenvalue weighted by atomic mass is 31.2. The number of ether oxygens (including phenoxy) is 1. The van der Waals surface area contributed by atoms with Crippen molar-refractivity contribution in [2.75, 3.05) is 65.7 Å². The molecule has 0 bridgehead atoms. The molecule has 1 aromatic carbocycles. The molecule has 0 amide bonds. The largest absolute Gasteiger partial charge is 0.566 e. The first-order chi connectivity index (χ1) is 26.5. The normalized spacial score (nSPS) is 17.0. The molecule has 14 nitrogen and oxygen atoms in total. The number of aromatic nitrogens is 3. The molecule has 4 heterocycles. The number of nitrogens with zero attached hydrogens (tertiary/aromatic N) is 6. The Morgan fingerprint density at radius 3 is 1.59 bits per heavy atom. The number of hydrogen-bond acceptors (Lipinski definition) is 11. The zero-order valence-electron chi connectivity index (χ0n) is 32.3. The number of pyridine rings is 3. The van der Waals surface area contributed by atoms with Gasteiger partial charge >= 0.3 is 13.5 Å². The van der Waals surface area contributed by atoms with Crippen LogP contribution in [0.15, 0.2) is 60.7 Å². The van der Waals surface area contributed by atoms with E-state index in [4.69, 9.17) is 10.5 Å². The lowest BCUT2D eigenvalue weighted by atomic mass is 10.1. The number of hydrogen-bond donors (Lipinski definition) is 4. The highest BCUT2D eigenvalue weighted by Crippen LogP contribution is 2.34. The Morgan fingerprint density at radius 2 is 1.16 bits per heavy atom. The molecule has 1 fully saturated rings. The average molecular weight is 823 g/mol. The molecular weight excluding hydrogens is 771 g/mol. The van der Waals surface area contributed by atoms with Crippen molar-refractivity contribution in [3.05, 3.63) is 100.0 Å². The molecule has 5 N–H and O–H groups in total. The molecule has 3 aromatic heterocycles. The molecule has 0 spiro atoms. The van der Waals surface area contributed by atoms with Gasteiger partial charge in [-0.3, -0.25) is 23.8 Å². The second-order valence-electron chi connectivity index (χ2n) is 14.3. The molecule has 0 saturated carbocycles. The maximum absolute atomic E-state index is 12.5. The molecule has 3 atom stereocenters. The molecule has 1 aliphatic heterocycles. The van der Waals surface area contributed by atoms with E-state index in [-0.39, 0.29) is 16.3 Å². The first-order valence-corrected chi connectivity index (χ1v) is 23.8. The van der Waals surface area contributed by atoms with Crippen LogP contribution in [0.5, 0.6) is 5.75 Å². The summed E-state index contributed by atoms with van der Waals surface area (Å²) in [5.41, 5.74) is 11.0. The van der Waals surface area contributed by atoms with Crippen molar-refractivity contribution in [1.29, 1.82) is 0 Å². The summed E-state index contributed by atoms with van der Waals surface area (Å²) in [5, 5.41) is 0. The van der Waals surface area contributed by atoms with Crippen LogP contribution in [0.1, 0.15) is 45.8 Å². The third-order valence-electron chi connectivity index (χ3n) is 9.11. The van der Waals surface area contributed by atoms with Gasteiger partial charge in [-0.1, -0.05) is 11.8 Å². The third-order valence-corrected chi connectivity index (χ3v) is 11.9. The van der Waals surface area contributed by atoms with Gasteiger partial charge in [0.2, 0.25) is 14.7 Å². The minimum absolute atomic E-state index is 0.0508. The van der Waals surface area contributed by atoms with Crippen molar-refractivity contribution in [3.63, 3.8) is 0 Å². The van der Waals surface area contributed by atoms with Crippen molar-refractivity contribution >= 4 is 39.1 Å². The SMILES string of the molecule is Cc1cc(CN2CCN(Cc3cc(C#Cc4ccc(OCCCN)cc4)cc([P+](=O)O)n3)CCN(Cc3cc(C)cc(P(C)(=O)O)n3)CC2)nc(P(C)(=O)O)c1. The molecule has 0 radical (unpaired) electrons. The maximum Gasteiger partial charge on any atom is 0.566 e. The van der Waals surface area contributed by atoms with E-state index in [9.17, 15) is 28.4 Å². The van der Waals surface area contributed by atoms with Crippen molar-refractivity contribution in [2.24, 2.45) is 5.73 Å². The third kappa shape index (κ3) is 13.5. The minimum atomic E-state index is -3.57. The highest BCUT2D eigenvalue weighted by Gasteiger charge is 2.24. The lowest BCUT2D eigenvalue weighted by Gasteiger charge is -2.26. The Bertz CT molecular complexity index is 2080. The molecule has 3 unspecified atom stereocenters. The fraction of sp³-hybridized carbons (Fsp3) is 0.410. The van der Waals surface area contributed by atoms with Gasteiger partial charge in [0, 0.05) is 89.4 Å². The summed E-state index contributed by atoms with van der Waals surface area (Å²) >= 11 is 0. The van der Waals surface area contributed by atoms with Crippen LogP contribution in [0.3, 0.4) is 0 Å². The van der Waals surface area contributed by atoms with Gasteiger partial charge in [0.15, 0.2) is 0 Å². The predicted octanol–water partition coefficient (Wildman–Crippen LogP) is 2.85. The van der Waals surface area contributed by atoms with Crippen LogP contribution in [0.2, 0.25) is 0 Å². The molecule has 1 saturated heterocycles. The lowest BCUT2D eigenvalue weighted by Crippen LogP contribution is -2.36. The predicted molar refractivity (Wildman–Crippen MR) is 220 cm³/mol. The lowest BCUT2D eigenvalue weighted by molar-refractivity contribution is 0.207. The first kappa shape index (κ1) is 43.4. The van der Waals surface area contributed by atoms with Crippen molar-refractivity contribution < 1.29 is 33.1 Å². The topological polar surface area (TPSA) is 196 Å². The average Bonchev–Trinajstić information content (AvgIpc) is 3.21. The van der Waals surface area contributed by atoms with Gasteiger partial charge in [-0.25, -0.2) is 15.0 Å². The molecule has 56 heavy (non-hydrogen) atoms. The van der Waals surface area contributed by atoms with Gasteiger partial charge in [0.1, 0.15) is 16.6 Å². The number of nitrogens with two attached hydrogens (primary N) is 1. The van der Waals surface area contributed by atoms with E-state index in [1.807, 2.05) is 56.3 Å². The van der Waals surface area contributed by atoms with Gasteiger partial charge in [0.05, 0.1) is 23.7 Å². The second kappa shape index (κ2) is 19.6. The van der Waals surface area contributed by atoms with Crippen molar-refractivity contribution in [2.45, 2.75) is 39.9 Å². The van der Waals surface area contributed by atoms with E-state index < -0.39 is 22.8 Å². The maximum atomic E-state index is 12.5. The van der Waals surface area contributed by atoms with Crippen molar-refractivity contribution in [1.82, 2.24) is 29.7 Å². The molecule has 298 valence electrons. The minimum Gasteiger partial charge on any atom is -0.494 e. The van der Waals surface area contributed by atoms with E-state index >= 15 is 0 Å². The van der Waals surface area contributed by atoms with Crippen LogP contribution in [-0.4, -0.2) is 110 Å². The van der Waals surface area contributed by atoms with E-state index in [1.54, 1.807) is 12.1 Å². The van der Waals surface area contributed by atoms with Crippen LogP contribution in [0.25, 0.3) is 0 Å². The molecule has 17 heteroatoms. The molecular formula is C39H51N7O7P3+. The Balaban J connectivity index is 1.40. The summed E-state index contributed by atoms with van der Waals surface area (Å²) in [6, 6.07) is 17.9. The molecule has 5 rings (SSSR count). The van der Waals surface area contributed by atoms with Crippen LogP contribution < -0.4 is 26.8 Å². The van der Waals surface area contributed by atoms with Gasteiger partial charge < -0.3 is 20.3 Å². The Kier molecular flexibility index (Phi) is 15.2. The number of benzene rings is 1. The summed E-state index contributed by atoms with van der Waals surface area (Å²) in [6.45, 7) is 12.6.